The van der Waals surface area contributed by atoms with Gasteiger partial charge in [-0.05, 0) is 12.1 Å². The largest absolute Gasteiger partial charge is 0.318 e. The molecule has 0 aliphatic heterocycles. The molecule has 3 rings (SSSR count). The molecule has 0 N–H and O–H groups in total. The molecule has 5 nitrogen and oxygen atoms in total. The summed E-state index contributed by atoms with van der Waals surface area (Å²) in [6.07, 6.45) is 3.35. The molecule has 0 radical (unpaired) electrons. The number of rotatable bonds is 1. The molecule has 0 aliphatic carbocycles. The lowest BCUT2D eigenvalue weighted by molar-refractivity contribution is 0.928. The van der Waals surface area contributed by atoms with E-state index in [9.17, 15) is 0 Å². The summed E-state index contributed by atoms with van der Waals surface area (Å²) in [6, 6.07) is 5.56. The molecule has 0 amide bonds. The van der Waals surface area contributed by atoms with Crippen molar-refractivity contribution in [2.24, 2.45) is 7.05 Å². The van der Waals surface area contributed by atoms with Crippen molar-refractivity contribution >= 4 is 22.8 Å². The van der Waals surface area contributed by atoms with E-state index in [1.807, 2.05) is 25.2 Å². The molecule has 0 aliphatic rings. The summed E-state index contributed by atoms with van der Waals surface area (Å²) >= 11 is 6.07. The number of fused-ring (bicyclic) bond motifs is 1. The summed E-state index contributed by atoms with van der Waals surface area (Å²) in [5.41, 5.74) is 2.00. The second kappa shape index (κ2) is 3.78. The molecule has 0 spiro atoms. The minimum absolute atomic E-state index is 0.344. The Balaban J connectivity index is 2.28. The molecule has 0 bridgehead atoms. The van der Waals surface area contributed by atoms with Crippen molar-refractivity contribution in [2.45, 2.75) is 0 Å². The average Bonchev–Trinajstić information content (AvgIpc) is 2.73. The van der Waals surface area contributed by atoms with Gasteiger partial charge in [-0.25, -0.2) is 15.0 Å². The van der Waals surface area contributed by atoms with Crippen molar-refractivity contribution in [3.63, 3.8) is 0 Å². The number of aryl methyl sites for hydroxylation is 1. The van der Waals surface area contributed by atoms with Crippen LogP contribution in [0.1, 0.15) is 0 Å². The number of halogens is 1. The molecule has 3 heterocycles. The quantitative estimate of drug-likeness (QED) is 0.616. The number of imidazole rings is 1. The Morgan fingerprint density at radius 1 is 1.18 bits per heavy atom. The van der Waals surface area contributed by atoms with Crippen LogP contribution in [-0.4, -0.2) is 24.5 Å². The summed E-state index contributed by atoms with van der Waals surface area (Å²) in [5, 5.41) is 0.344. The molecule has 17 heavy (non-hydrogen) atoms. The van der Waals surface area contributed by atoms with Gasteiger partial charge in [0.15, 0.2) is 16.6 Å². The number of aromatic nitrogens is 5. The lowest BCUT2D eigenvalue weighted by atomic mass is 10.3. The van der Waals surface area contributed by atoms with Gasteiger partial charge >= 0.3 is 0 Å². The highest BCUT2D eigenvalue weighted by Crippen LogP contribution is 2.21. The Kier molecular flexibility index (Phi) is 2.26. The number of hydrogen-bond acceptors (Lipinski definition) is 4. The minimum Gasteiger partial charge on any atom is -0.318 e. The zero-order chi connectivity index (χ0) is 11.8. The van der Waals surface area contributed by atoms with E-state index in [1.165, 1.54) is 0 Å². The van der Waals surface area contributed by atoms with Gasteiger partial charge in [0.25, 0.3) is 0 Å². The number of nitrogens with zero attached hydrogens (tertiary/aromatic N) is 5. The Labute approximate surface area is 102 Å². The zero-order valence-corrected chi connectivity index (χ0v) is 9.76. The smallest absolute Gasteiger partial charge is 0.181 e. The number of pyridine rings is 1. The average molecular weight is 246 g/mol. The van der Waals surface area contributed by atoms with Gasteiger partial charge in [-0.15, -0.1) is 0 Å². The third kappa shape index (κ3) is 1.64. The van der Waals surface area contributed by atoms with Gasteiger partial charge in [-0.2, -0.15) is 0 Å². The van der Waals surface area contributed by atoms with Crippen LogP contribution in [0.25, 0.3) is 22.7 Å². The molecule has 6 heteroatoms. The first-order valence-corrected chi connectivity index (χ1v) is 5.39. The van der Waals surface area contributed by atoms with E-state index in [1.54, 1.807) is 17.1 Å². The van der Waals surface area contributed by atoms with Gasteiger partial charge in [0, 0.05) is 13.2 Å². The Morgan fingerprint density at radius 2 is 2.06 bits per heavy atom. The van der Waals surface area contributed by atoms with Crippen molar-refractivity contribution in [3.8, 4) is 11.5 Å². The highest BCUT2D eigenvalue weighted by Gasteiger charge is 2.11. The standard InChI is InChI=1S/C11H8ClN5/c1-17-6-14-8-9(12)15-10(16-11(8)17)7-4-2-3-5-13-7/h2-6H,1H3. The van der Waals surface area contributed by atoms with Crippen molar-refractivity contribution in [1.29, 1.82) is 0 Å². The third-order valence-electron chi connectivity index (χ3n) is 2.41. The second-order valence-electron chi connectivity index (χ2n) is 3.58. The first-order chi connectivity index (χ1) is 8.25. The van der Waals surface area contributed by atoms with Gasteiger partial charge in [-0.1, -0.05) is 17.7 Å². The van der Waals surface area contributed by atoms with Crippen LogP contribution < -0.4 is 0 Å². The molecule has 0 unspecified atom stereocenters. The van der Waals surface area contributed by atoms with Crippen LogP contribution in [0, 0.1) is 0 Å². The van der Waals surface area contributed by atoms with Crippen molar-refractivity contribution < 1.29 is 0 Å². The minimum atomic E-state index is 0.344. The Bertz CT molecular complexity index is 677. The van der Waals surface area contributed by atoms with Gasteiger partial charge < -0.3 is 4.57 Å². The first-order valence-electron chi connectivity index (χ1n) is 5.01. The lowest BCUT2D eigenvalue weighted by Gasteiger charge is -2.01. The predicted octanol–water partition coefficient (Wildman–Crippen LogP) is 2.08. The zero-order valence-electron chi connectivity index (χ0n) is 9.00. The predicted molar refractivity (Wildman–Crippen MR) is 64.5 cm³/mol. The molecule has 84 valence electrons. The van der Waals surface area contributed by atoms with Crippen molar-refractivity contribution in [1.82, 2.24) is 24.5 Å². The van der Waals surface area contributed by atoms with E-state index in [2.05, 4.69) is 19.9 Å². The normalized spacial score (nSPS) is 10.9. The third-order valence-corrected chi connectivity index (χ3v) is 2.67. The summed E-state index contributed by atoms with van der Waals surface area (Å²) in [5.74, 6) is 0.506. The Morgan fingerprint density at radius 3 is 2.82 bits per heavy atom. The van der Waals surface area contributed by atoms with Gasteiger partial charge in [0.1, 0.15) is 11.2 Å². The van der Waals surface area contributed by atoms with Crippen LogP contribution in [-0.2, 0) is 7.05 Å². The van der Waals surface area contributed by atoms with E-state index in [0.717, 1.165) is 0 Å². The molecule has 0 aromatic carbocycles. The fourth-order valence-corrected chi connectivity index (χ4v) is 1.80. The molecular weight excluding hydrogens is 238 g/mol. The van der Waals surface area contributed by atoms with Gasteiger partial charge in [0.2, 0.25) is 0 Å². The fourth-order valence-electron chi connectivity index (χ4n) is 1.58. The maximum absolute atomic E-state index is 6.07. The van der Waals surface area contributed by atoms with Crippen molar-refractivity contribution in [3.05, 3.63) is 35.9 Å². The molecule has 0 atom stereocenters. The van der Waals surface area contributed by atoms with E-state index in [-0.39, 0.29) is 0 Å². The highest BCUT2D eigenvalue weighted by atomic mass is 35.5. The lowest BCUT2D eigenvalue weighted by Crippen LogP contribution is -1.95. The Hall–Kier alpha value is -2.01. The monoisotopic (exact) mass is 245 g/mol. The summed E-state index contributed by atoms with van der Waals surface area (Å²) < 4.78 is 1.80. The summed E-state index contributed by atoms with van der Waals surface area (Å²) in [7, 11) is 1.86. The number of hydrogen-bond donors (Lipinski definition) is 0. The SMILES string of the molecule is Cn1cnc2c(Cl)nc(-c3ccccn3)nc21. The van der Waals surface area contributed by atoms with Crippen LogP contribution in [0.2, 0.25) is 5.15 Å². The highest BCUT2D eigenvalue weighted by molar-refractivity contribution is 6.33. The van der Waals surface area contributed by atoms with Crippen LogP contribution in [0.5, 0.6) is 0 Å². The first kappa shape index (κ1) is 10.2. The van der Waals surface area contributed by atoms with E-state index in [4.69, 9.17) is 11.6 Å². The molecule has 3 aromatic rings. The second-order valence-corrected chi connectivity index (χ2v) is 3.94. The van der Waals surface area contributed by atoms with Gasteiger partial charge in [-0.3, -0.25) is 4.98 Å². The maximum Gasteiger partial charge on any atom is 0.181 e. The summed E-state index contributed by atoms with van der Waals surface area (Å²) in [6.45, 7) is 0. The topological polar surface area (TPSA) is 56.5 Å². The van der Waals surface area contributed by atoms with Gasteiger partial charge in [0.05, 0.1) is 6.33 Å². The van der Waals surface area contributed by atoms with E-state index in [0.29, 0.717) is 27.8 Å². The maximum atomic E-state index is 6.07. The van der Waals surface area contributed by atoms with Crippen LogP contribution in [0.4, 0.5) is 0 Å². The van der Waals surface area contributed by atoms with E-state index < -0.39 is 0 Å². The van der Waals surface area contributed by atoms with Crippen LogP contribution in [0.3, 0.4) is 0 Å². The molecular formula is C11H8ClN5. The van der Waals surface area contributed by atoms with Crippen LogP contribution in [0.15, 0.2) is 30.7 Å². The van der Waals surface area contributed by atoms with Crippen LogP contribution >= 0.6 is 11.6 Å². The summed E-state index contributed by atoms with van der Waals surface area (Å²) in [4.78, 5) is 16.9. The molecule has 0 fully saturated rings. The molecule has 0 saturated carbocycles. The van der Waals surface area contributed by atoms with E-state index >= 15 is 0 Å². The van der Waals surface area contributed by atoms with Crippen molar-refractivity contribution in [2.75, 3.05) is 0 Å². The molecule has 0 saturated heterocycles. The molecule has 3 aromatic heterocycles. The fraction of sp³-hybridized carbons (Fsp3) is 0.0909.